The quantitative estimate of drug-likeness (QED) is 0.489. The molecule has 6 heteroatoms. The van der Waals surface area contributed by atoms with E-state index in [1.54, 1.807) is 0 Å². The van der Waals surface area contributed by atoms with Crippen molar-refractivity contribution in [2.75, 3.05) is 37.6 Å². The Morgan fingerprint density at radius 1 is 1.12 bits per heavy atom. The molecular weight excluding hydrogens is 321 g/mol. The third-order valence-electron chi connectivity index (χ3n) is 4.81. The van der Waals surface area contributed by atoms with E-state index in [0.717, 1.165) is 64.8 Å². The Morgan fingerprint density at radius 2 is 1.76 bits per heavy atom. The van der Waals surface area contributed by atoms with Gasteiger partial charge in [0.2, 0.25) is 0 Å². The number of rotatable bonds is 9. The first-order valence-corrected chi connectivity index (χ1v) is 9.50. The summed E-state index contributed by atoms with van der Waals surface area (Å²) < 4.78 is 14.6. The summed E-state index contributed by atoms with van der Waals surface area (Å²) >= 11 is 0. The van der Waals surface area contributed by atoms with Gasteiger partial charge in [-0.1, -0.05) is 13.8 Å². The van der Waals surface area contributed by atoms with E-state index in [4.69, 9.17) is 0 Å². The van der Waals surface area contributed by atoms with E-state index in [-0.39, 0.29) is 16.4 Å². The maximum Gasteiger partial charge on any atom is 0.293 e. The number of anilines is 1. The third-order valence-corrected chi connectivity index (χ3v) is 4.81. The lowest BCUT2D eigenvalue weighted by Crippen LogP contribution is -2.30. The van der Waals surface area contributed by atoms with E-state index in [1.807, 2.05) is 4.90 Å². The van der Waals surface area contributed by atoms with Crippen molar-refractivity contribution in [2.24, 2.45) is 0 Å². The number of hydrogen-bond acceptors (Lipinski definition) is 4. The van der Waals surface area contributed by atoms with Crippen molar-refractivity contribution in [1.29, 1.82) is 0 Å². The van der Waals surface area contributed by atoms with E-state index >= 15 is 0 Å². The molecular formula is C19H30FN3O2. The van der Waals surface area contributed by atoms with Gasteiger partial charge in [0, 0.05) is 31.8 Å². The van der Waals surface area contributed by atoms with Gasteiger partial charge in [0.15, 0.2) is 0 Å². The Balaban J connectivity index is 2.18. The SMILES string of the molecule is CCCN(CCC)CCc1cc([N+](=O)[O-])c(N2CCCCC2)cc1F. The molecule has 1 aromatic rings. The van der Waals surface area contributed by atoms with E-state index in [2.05, 4.69) is 18.7 Å². The summed E-state index contributed by atoms with van der Waals surface area (Å²) in [6.07, 6.45) is 5.75. The molecule has 0 aliphatic carbocycles. The topological polar surface area (TPSA) is 49.6 Å². The fraction of sp³-hybridized carbons (Fsp3) is 0.684. The molecule has 0 spiro atoms. The van der Waals surface area contributed by atoms with Gasteiger partial charge in [-0.15, -0.1) is 0 Å². The van der Waals surface area contributed by atoms with E-state index < -0.39 is 0 Å². The normalized spacial score (nSPS) is 15.0. The molecule has 2 rings (SSSR count). The van der Waals surface area contributed by atoms with Gasteiger partial charge < -0.3 is 9.80 Å². The van der Waals surface area contributed by atoms with Gasteiger partial charge in [-0.05, 0) is 57.2 Å². The van der Waals surface area contributed by atoms with Gasteiger partial charge in [-0.25, -0.2) is 4.39 Å². The van der Waals surface area contributed by atoms with Crippen LogP contribution in [-0.4, -0.2) is 42.5 Å². The van der Waals surface area contributed by atoms with Crippen LogP contribution in [0.5, 0.6) is 0 Å². The Morgan fingerprint density at radius 3 is 2.32 bits per heavy atom. The van der Waals surface area contributed by atoms with Gasteiger partial charge in [-0.3, -0.25) is 10.1 Å². The number of benzene rings is 1. The first kappa shape index (κ1) is 19.6. The van der Waals surface area contributed by atoms with Gasteiger partial charge in [0.05, 0.1) is 4.92 Å². The van der Waals surface area contributed by atoms with Crippen LogP contribution < -0.4 is 4.90 Å². The Labute approximate surface area is 150 Å². The van der Waals surface area contributed by atoms with E-state index in [0.29, 0.717) is 17.7 Å². The molecule has 1 fully saturated rings. The van der Waals surface area contributed by atoms with Crippen LogP contribution in [0, 0.1) is 15.9 Å². The smallest absolute Gasteiger partial charge is 0.293 e. The maximum atomic E-state index is 14.6. The highest BCUT2D eigenvalue weighted by Crippen LogP contribution is 2.33. The van der Waals surface area contributed by atoms with Crippen molar-refractivity contribution >= 4 is 11.4 Å². The predicted molar refractivity (Wildman–Crippen MR) is 99.8 cm³/mol. The Hall–Kier alpha value is -1.69. The second kappa shape index (κ2) is 9.70. The van der Waals surface area contributed by atoms with Crippen LogP contribution in [0.25, 0.3) is 0 Å². The number of nitrogens with zero attached hydrogens (tertiary/aromatic N) is 3. The van der Waals surface area contributed by atoms with Crippen LogP contribution >= 0.6 is 0 Å². The molecule has 1 saturated heterocycles. The van der Waals surface area contributed by atoms with Crippen molar-refractivity contribution in [3.05, 3.63) is 33.6 Å². The maximum absolute atomic E-state index is 14.6. The monoisotopic (exact) mass is 351 g/mol. The number of piperidine rings is 1. The number of halogens is 1. The zero-order valence-corrected chi connectivity index (χ0v) is 15.5. The molecule has 1 aliphatic rings. The standard InChI is InChI=1S/C19H30FN3O2/c1-3-9-21(10-4-2)13-8-16-14-19(23(24)25)18(15-17(16)20)22-11-6-5-7-12-22/h14-15H,3-13H2,1-2H3. The second-order valence-electron chi connectivity index (χ2n) is 6.83. The average Bonchev–Trinajstić information content (AvgIpc) is 2.61. The van der Waals surface area contributed by atoms with Gasteiger partial charge in [0.25, 0.3) is 5.69 Å². The lowest BCUT2D eigenvalue weighted by atomic mass is 10.1. The molecule has 1 aromatic carbocycles. The highest BCUT2D eigenvalue weighted by molar-refractivity contribution is 5.65. The molecule has 1 aliphatic heterocycles. The fourth-order valence-electron chi connectivity index (χ4n) is 3.57. The van der Waals surface area contributed by atoms with Crippen molar-refractivity contribution in [2.45, 2.75) is 52.4 Å². The lowest BCUT2D eigenvalue weighted by Gasteiger charge is -2.28. The second-order valence-corrected chi connectivity index (χ2v) is 6.83. The number of hydrogen-bond donors (Lipinski definition) is 0. The average molecular weight is 351 g/mol. The van der Waals surface area contributed by atoms with Crippen LogP contribution in [0.1, 0.15) is 51.5 Å². The summed E-state index contributed by atoms with van der Waals surface area (Å²) in [6.45, 7) is 8.47. The molecule has 0 N–H and O–H groups in total. The Kier molecular flexibility index (Phi) is 7.62. The molecule has 140 valence electrons. The summed E-state index contributed by atoms with van der Waals surface area (Å²) in [5.74, 6) is -0.320. The minimum absolute atomic E-state index is 0.0378. The summed E-state index contributed by atoms with van der Waals surface area (Å²) in [7, 11) is 0. The summed E-state index contributed by atoms with van der Waals surface area (Å²) in [5, 5.41) is 11.5. The van der Waals surface area contributed by atoms with Crippen LogP contribution in [0.3, 0.4) is 0 Å². The zero-order valence-electron chi connectivity index (χ0n) is 15.5. The van der Waals surface area contributed by atoms with Crippen molar-refractivity contribution < 1.29 is 9.31 Å². The summed E-state index contributed by atoms with van der Waals surface area (Å²) in [5.41, 5.74) is 0.922. The van der Waals surface area contributed by atoms with Crippen molar-refractivity contribution in [3.8, 4) is 0 Å². The zero-order chi connectivity index (χ0) is 18.2. The molecule has 1 heterocycles. The largest absolute Gasteiger partial charge is 0.366 e. The summed E-state index contributed by atoms with van der Waals surface area (Å²) in [6, 6.07) is 2.83. The predicted octanol–water partition coefficient (Wildman–Crippen LogP) is 4.39. The van der Waals surface area contributed by atoms with Crippen molar-refractivity contribution in [1.82, 2.24) is 4.90 Å². The van der Waals surface area contributed by atoms with E-state index in [9.17, 15) is 14.5 Å². The first-order chi connectivity index (χ1) is 12.1. The summed E-state index contributed by atoms with van der Waals surface area (Å²) in [4.78, 5) is 15.4. The van der Waals surface area contributed by atoms with Crippen LogP contribution in [-0.2, 0) is 6.42 Å². The highest BCUT2D eigenvalue weighted by atomic mass is 19.1. The molecule has 0 bridgehead atoms. The highest BCUT2D eigenvalue weighted by Gasteiger charge is 2.24. The minimum Gasteiger partial charge on any atom is -0.366 e. The van der Waals surface area contributed by atoms with Gasteiger partial charge in [-0.2, -0.15) is 0 Å². The van der Waals surface area contributed by atoms with E-state index in [1.165, 1.54) is 12.1 Å². The molecule has 0 unspecified atom stereocenters. The molecule has 0 aromatic heterocycles. The number of nitro benzene ring substituents is 1. The Bertz CT molecular complexity index is 568. The van der Waals surface area contributed by atoms with Crippen LogP contribution in [0.4, 0.5) is 15.8 Å². The van der Waals surface area contributed by atoms with Crippen molar-refractivity contribution in [3.63, 3.8) is 0 Å². The van der Waals surface area contributed by atoms with Gasteiger partial charge >= 0.3 is 0 Å². The molecule has 25 heavy (non-hydrogen) atoms. The molecule has 0 atom stereocenters. The molecule has 5 nitrogen and oxygen atoms in total. The molecule has 0 saturated carbocycles. The lowest BCUT2D eigenvalue weighted by molar-refractivity contribution is -0.384. The third kappa shape index (κ3) is 5.39. The number of nitro groups is 1. The first-order valence-electron chi connectivity index (χ1n) is 9.50. The van der Waals surface area contributed by atoms with Crippen LogP contribution in [0.15, 0.2) is 12.1 Å². The van der Waals surface area contributed by atoms with Gasteiger partial charge in [0.1, 0.15) is 11.5 Å². The minimum atomic E-state index is -0.372. The molecule has 0 radical (unpaired) electrons. The fourth-order valence-corrected chi connectivity index (χ4v) is 3.57. The molecule has 0 amide bonds. The van der Waals surface area contributed by atoms with Crippen LogP contribution in [0.2, 0.25) is 0 Å².